The summed E-state index contributed by atoms with van der Waals surface area (Å²) >= 11 is 0. The average Bonchev–Trinajstić information content (AvgIpc) is 3.50. The molecule has 14 heteroatoms. The van der Waals surface area contributed by atoms with Gasteiger partial charge in [0.05, 0.1) is 22.3 Å². The molecule has 1 aromatic carbocycles. The first-order valence-corrected chi connectivity index (χ1v) is 12.9. The zero-order valence-electron chi connectivity index (χ0n) is 20.1. The highest BCUT2D eigenvalue weighted by molar-refractivity contribution is 7.89. The normalized spacial score (nSPS) is 14.7. The van der Waals surface area contributed by atoms with E-state index in [4.69, 9.17) is 0 Å². The van der Waals surface area contributed by atoms with Crippen molar-refractivity contribution in [3.8, 4) is 5.95 Å². The quantitative estimate of drug-likeness (QED) is 0.388. The minimum absolute atomic E-state index is 0.111. The molecule has 1 saturated heterocycles. The predicted molar refractivity (Wildman–Crippen MR) is 133 cm³/mol. The molecular weight excluding hydrogens is 500 g/mol. The highest BCUT2D eigenvalue weighted by Gasteiger charge is 2.31. The summed E-state index contributed by atoms with van der Waals surface area (Å²) < 4.78 is 30.3. The van der Waals surface area contributed by atoms with E-state index in [1.165, 1.54) is 50.9 Å². The molecule has 0 atom stereocenters. The van der Waals surface area contributed by atoms with E-state index in [-0.39, 0.29) is 54.4 Å². The minimum Gasteiger partial charge on any atom is -0.336 e. The molecule has 1 fully saturated rings. The summed E-state index contributed by atoms with van der Waals surface area (Å²) in [4.78, 5) is 41.1. The van der Waals surface area contributed by atoms with Gasteiger partial charge in [-0.15, -0.1) is 5.10 Å². The van der Waals surface area contributed by atoms with Gasteiger partial charge < -0.3 is 10.2 Å². The highest BCUT2D eigenvalue weighted by atomic mass is 32.2. The first-order chi connectivity index (χ1) is 17.6. The monoisotopic (exact) mass is 524 g/mol. The van der Waals surface area contributed by atoms with Crippen LogP contribution in [0.15, 0.2) is 58.5 Å². The second-order valence-electron chi connectivity index (χ2n) is 8.57. The Labute approximate surface area is 211 Å². The number of carbonyl (C=O) groups excluding carboxylic acids is 2. The fourth-order valence-electron chi connectivity index (χ4n) is 4.22. The lowest BCUT2D eigenvalue weighted by Gasteiger charge is -2.34. The SMILES string of the molecule is CC(=O)Nc1ccc(S(=O)(=O)N2CCN(C(=O)c3cnn(-c4nn5cccc5c(=O)[nH]4)c3C)CC2)cc1. The highest BCUT2D eigenvalue weighted by Crippen LogP contribution is 2.21. The van der Waals surface area contributed by atoms with Gasteiger partial charge >= 0.3 is 0 Å². The lowest BCUT2D eigenvalue weighted by atomic mass is 10.2. The molecule has 0 radical (unpaired) electrons. The van der Waals surface area contributed by atoms with E-state index in [9.17, 15) is 22.8 Å². The molecule has 4 aromatic rings. The molecule has 0 saturated carbocycles. The van der Waals surface area contributed by atoms with Crippen LogP contribution in [0.2, 0.25) is 0 Å². The number of sulfonamides is 1. The number of fused-ring (bicyclic) bond motifs is 1. The van der Waals surface area contributed by atoms with Crippen molar-refractivity contribution in [3.05, 3.63) is 70.4 Å². The molecule has 4 heterocycles. The standard InChI is InChI=1S/C23H24N8O5S/c1-15-19(14-24-31(15)23-26-21(33)20-4-3-9-30(20)27-23)22(34)28-10-12-29(13-11-28)37(35,36)18-7-5-17(6-8-18)25-16(2)32/h3-9,14H,10-13H2,1-2H3,(H,25,32)(H,26,27,33). The third-order valence-electron chi connectivity index (χ3n) is 6.17. The number of hydrogen-bond donors (Lipinski definition) is 2. The zero-order chi connectivity index (χ0) is 26.3. The maximum absolute atomic E-state index is 13.2. The molecule has 13 nitrogen and oxygen atoms in total. The van der Waals surface area contributed by atoms with Crippen molar-refractivity contribution in [2.45, 2.75) is 18.7 Å². The van der Waals surface area contributed by atoms with Gasteiger partial charge in [-0.25, -0.2) is 17.6 Å². The van der Waals surface area contributed by atoms with Crippen molar-refractivity contribution in [1.82, 2.24) is 33.6 Å². The number of amides is 2. The molecule has 0 aliphatic carbocycles. The van der Waals surface area contributed by atoms with E-state index >= 15 is 0 Å². The van der Waals surface area contributed by atoms with Crippen LogP contribution in [0.25, 0.3) is 11.5 Å². The van der Waals surface area contributed by atoms with Crippen molar-refractivity contribution < 1.29 is 18.0 Å². The number of carbonyl (C=O) groups is 2. The van der Waals surface area contributed by atoms with Crippen molar-refractivity contribution in [3.63, 3.8) is 0 Å². The summed E-state index contributed by atoms with van der Waals surface area (Å²) in [5, 5.41) is 11.2. The lowest BCUT2D eigenvalue weighted by Crippen LogP contribution is -2.50. The van der Waals surface area contributed by atoms with Crippen molar-refractivity contribution in [2.24, 2.45) is 0 Å². The van der Waals surface area contributed by atoms with Crippen molar-refractivity contribution >= 4 is 33.0 Å². The average molecular weight is 525 g/mol. The van der Waals surface area contributed by atoms with Gasteiger partial charge in [0.15, 0.2) is 0 Å². The maximum Gasteiger partial charge on any atom is 0.276 e. The van der Waals surface area contributed by atoms with Gasteiger partial charge in [0.25, 0.3) is 11.5 Å². The van der Waals surface area contributed by atoms with Crippen molar-refractivity contribution in [1.29, 1.82) is 0 Å². The third-order valence-corrected chi connectivity index (χ3v) is 8.08. The van der Waals surface area contributed by atoms with Gasteiger partial charge in [-0.3, -0.25) is 19.4 Å². The van der Waals surface area contributed by atoms with Gasteiger partial charge in [0.2, 0.25) is 21.9 Å². The van der Waals surface area contributed by atoms with E-state index in [0.717, 1.165) is 0 Å². The number of anilines is 1. The number of aromatic amines is 1. The molecule has 3 aromatic heterocycles. The van der Waals surface area contributed by atoms with Gasteiger partial charge in [-0.05, 0) is 43.3 Å². The van der Waals surface area contributed by atoms with Crippen LogP contribution in [0, 0.1) is 6.92 Å². The Kier molecular flexibility index (Phi) is 6.13. The molecular formula is C23H24N8O5S. The summed E-state index contributed by atoms with van der Waals surface area (Å²) in [5.41, 5.74) is 1.39. The summed E-state index contributed by atoms with van der Waals surface area (Å²) in [7, 11) is -3.76. The number of nitrogens with one attached hydrogen (secondary N) is 2. The Bertz CT molecular complexity index is 1660. The minimum atomic E-state index is -3.76. The molecule has 0 spiro atoms. The lowest BCUT2D eigenvalue weighted by molar-refractivity contribution is -0.114. The molecule has 0 unspecified atom stereocenters. The first kappa shape index (κ1) is 24.4. The molecule has 1 aliphatic rings. The van der Waals surface area contributed by atoms with E-state index in [0.29, 0.717) is 22.5 Å². The number of piperazine rings is 1. The summed E-state index contributed by atoms with van der Waals surface area (Å²) in [5.74, 6) is -0.362. The largest absolute Gasteiger partial charge is 0.336 e. The van der Waals surface area contributed by atoms with Crippen LogP contribution in [0.3, 0.4) is 0 Å². The van der Waals surface area contributed by atoms with Crippen LogP contribution < -0.4 is 10.9 Å². The fourth-order valence-corrected chi connectivity index (χ4v) is 5.65. The first-order valence-electron chi connectivity index (χ1n) is 11.4. The molecule has 2 N–H and O–H groups in total. The van der Waals surface area contributed by atoms with Gasteiger partial charge in [0, 0.05) is 45.0 Å². The number of aromatic nitrogens is 5. The summed E-state index contributed by atoms with van der Waals surface area (Å²) in [6, 6.07) is 9.29. The Balaban J connectivity index is 1.29. The number of H-pyrrole nitrogens is 1. The Morgan fingerprint density at radius 2 is 1.76 bits per heavy atom. The Hall–Kier alpha value is -4.30. The molecule has 1 aliphatic heterocycles. The number of nitrogens with zero attached hydrogens (tertiary/aromatic N) is 6. The van der Waals surface area contributed by atoms with Gasteiger partial charge in [-0.2, -0.15) is 9.40 Å². The van der Waals surface area contributed by atoms with Crippen LogP contribution in [0.5, 0.6) is 0 Å². The van der Waals surface area contributed by atoms with E-state index in [2.05, 4.69) is 20.5 Å². The topological polar surface area (TPSA) is 155 Å². The molecule has 192 valence electrons. The van der Waals surface area contributed by atoms with Gasteiger partial charge in [-0.1, -0.05) is 0 Å². The molecule has 37 heavy (non-hydrogen) atoms. The number of rotatable bonds is 5. The Morgan fingerprint density at radius 3 is 2.43 bits per heavy atom. The predicted octanol–water partition coefficient (Wildman–Crippen LogP) is 0.622. The molecule has 5 rings (SSSR count). The number of benzene rings is 1. The molecule has 2 amide bonds. The Morgan fingerprint density at radius 1 is 1.05 bits per heavy atom. The molecule has 0 bridgehead atoms. The van der Waals surface area contributed by atoms with Gasteiger partial charge in [0.1, 0.15) is 5.52 Å². The second-order valence-corrected chi connectivity index (χ2v) is 10.5. The number of hydrogen-bond acceptors (Lipinski definition) is 7. The smallest absolute Gasteiger partial charge is 0.276 e. The van der Waals surface area contributed by atoms with Crippen molar-refractivity contribution in [2.75, 3.05) is 31.5 Å². The summed E-state index contributed by atoms with van der Waals surface area (Å²) in [6.45, 7) is 3.75. The fraction of sp³-hybridized carbons (Fsp3) is 0.261. The third kappa shape index (κ3) is 4.51. The van der Waals surface area contributed by atoms with Crippen LogP contribution in [-0.2, 0) is 14.8 Å². The summed E-state index contributed by atoms with van der Waals surface area (Å²) in [6.07, 6.45) is 3.06. The van der Waals surface area contributed by atoms with E-state index in [1.807, 2.05) is 0 Å². The zero-order valence-corrected chi connectivity index (χ0v) is 20.9. The maximum atomic E-state index is 13.2. The van der Waals surface area contributed by atoms with Crippen LogP contribution >= 0.6 is 0 Å². The van der Waals surface area contributed by atoms with E-state index in [1.54, 1.807) is 30.2 Å². The van der Waals surface area contributed by atoms with Crippen LogP contribution in [0.1, 0.15) is 23.0 Å². The van der Waals surface area contributed by atoms with E-state index < -0.39 is 10.0 Å². The van der Waals surface area contributed by atoms with Crippen LogP contribution in [0.4, 0.5) is 5.69 Å². The van der Waals surface area contributed by atoms with Crippen LogP contribution in [-0.4, -0.2) is 80.0 Å². The second kappa shape index (κ2) is 9.29.